The molecule has 1 aromatic rings. The molecule has 0 spiro atoms. The van der Waals surface area contributed by atoms with E-state index in [4.69, 9.17) is 22.4 Å². The molecule has 0 bridgehead atoms. The zero-order chi connectivity index (χ0) is 13.1. The Morgan fingerprint density at radius 2 is 2.39 bits per heavy atom. The number of halogens is 1. The van der Waals surface area contributed by atoms with E-state index in [0.29, 0.717) is 18.2 Å². The average Bonchev–Trinajstić information content (AvgIpc) is 3.18. The Morgan fingerprint density at radius 3 is 3.00 bits per heavy atom. The minimum absolute atomic E-state index is 0.0842. The van der Waals surface area contributed by atoms with Gasteiger partial charge in [0.05, 0.1) is 25.0 Å². The Labute approximate surface area is 110 Å². The van der Waals surface area contributed by atoms with Crippen molar-refractivity contribution in [2.75, 3.05) is 18.5 Å². The molecule has 1 atom stereocenters. The summed E-state index contributed by atoms with van der Waals surface area (Å²) in [7, 11) is 0. The lowest BCUT2D eigenvalue weighted by atomic mass is 10.2. The van der Waals surface area contributed by atoms with Gasteiger partial charge in [0.1, 0.15) is 5.02 Å². The number of rotatable bonds is 6. The molecule has 1 saturated carbocycles. The first-order valence-corrected chi connectivity index (χ1v) is 6.37. The lowest BCUT2D eigenvalue weighted by Gasteiger charge is -2.13. The minimum Gasteiger partial charge on any atom is -0.394 e. The number of aliphatic hydroxyl groups is 1. The van der Waals surface area contributed by atoms with Crippen LogP contribution in [0.3, 0.4) is 0 Å². The van der Waals surface area contributed by atoms with Crippen LogP contribution in [0.4, 0.5) is 5.69 Å². The quantitative estimate of drug-likeness (QED) is 0.680. The molecular weight excluding hydrogens is 256 g/mol. The molecule has 18 heavy (non-hydrogen) atoms. The van der Waals surface area contributed by atoms with E-state index in [1.165, 1.54) is 19.0 Å². The van der Waals surface area contributed by atoms with E-state index in [1.54, 1.807) is 0 Å². The molecule has 0 aliphatic heterocycles. The van der Waals surface area contributed by atoms with Crippen molar-refractivity contribution in [2.45, 2.75) is 25.4 Å². The number of nitrogens with zero attached hydrogens (tertiary/aromatic N) is 2. The predicted octanol–water partition coefficient (Wildman–Crippen LogP) is 0.0382. The fourth-order valence-electron chi connectivity index (χ4n) is 1.76. The highest BCUT2D eigenvalue weighted by atomic mass is 35.5. The van der Waals surface area contributed by atoms with Gasteiger partial charge >= 0.3 is 0 Å². The van der Waals surface area contributed by atoms with Crippen molar-refractivity contribution in [3.05, 3.63) is 21.6 Å². The number of nitrogens with two attached hydrogens (primary N) is 1. The number of hydrogen-bond acceptors (Lipinski definition) is 5. The van der Waals surface area contributed by atoms with E-state index in [-0.39, 0.29) is 24.2 Å². The third kappa shape index (κ3) is 3.01. The molecular formula is C11H17ClN4O2. The molecule has 1 fully saturated rings. The van der Waals surface area contributed by atoms with Gasteiger partial charge in [-0.2, -0.15) is 5.10 Å². The third-order valence-corrected chi connectivity index (χ3v) is 3.42. The molecule has 7 heteroatoms. The fraction of sp³-hybridized carbons (Fsp3) is 0.636. The van der Waals surface area contributed by atoms with Gasteiger partial charge in [0, 0.05) is 12.6 Å². The monoisotopic (exact) mass is 272 g/mol. The van der Waals surface area contributed by atoms with E-state index in [1.807, 2.05) is 0 Å². The smallest absolute Gasteiger partial charge is 0.287 e. The number of nitrogens with one attached hydrogen (secondary N) is 1. The Bertz CT molecular complexity index is 473. The van der Waals surface area contributed by atoms with E-state index in [2.05, 4.69) is 10.4 Å². The van der Waals surface area contributed by atoms with Gasteiger partial charge in [-0.05, 0) is 18.8 Å². The summed E-state index contributed by atoms with van der Waals surface area (Å²) in [4.78, 5) is 11.8. The van der Waals surface area contributed by atoms with Crippen molar-refractivity contribution in [1.82, 2.24) is 9.78 Å². The molecule has 4 N–H and O–H groups in total. The van der Waals surface area contributed by atoms with Crippen LogP contribution in [0.15, 0.2) is 11.0 Å². The predicted molar refractivity (Wildman–Crippen MR) is 69.8 cm³/mol. The van der Waals surface area contributed by atoms with Crippen LogP contribution in [-0.2, 0) is 6.54 Å². The lowest BCUT2D eigenvalue weighted by molar-refractivity contribution is 0.266. The van der Waals surface area contributed by atoms with Crippen molar-refractivity contribution in [1.29, 1.82) is 0 Å². The van der Waals surface area contributed by atoms with Crippen molar-refractivity contribution in [2.24, 2.45) is 11.7 Å². The van der Waals surface area contributed by atoms with Crippen LogP contribution in [0.5, 0.6) is 0 Å². The summed E-state index contributed by atoms with van der Waals surface area (Å²) in [6, 6.07) is 0.0842. The first-order valence-electron chi connectivity index (χ1n) is 5.99. The molecule has 1 aliphatic rings. The number of aliphatic hydroxyl groups excluding tert-OH is 1. The molecule has 0 radical (unpaired) electrons. The Balaban J connectivity index is 2.04. The van der Waals surface area contributed by atoms with Gasteiger partial charge in [-0.25, -0.2) is 4.68 Å². The van der Waals surface area contributed by atoms with E-state index in [0.717, 1.165) is 4.68 Å². The zero-order valence-corrected chi connectivity index (χ0v) is 10.7. The summed E-state index contributed by atoms with van der Waals surface area (Å²) in [5, 5.41) is 15.8. The highest BCUT2D eigenvalue weighted by Gasteiger charge is 2.28. The lowest BCUT2D eigenvalue weighted by Crippen LogP contribution is -2.32. The first-order chi connectivity index (χ1) is 8.63. The second-order valence-electron chi connectivity index (χ2n) is 4.51. The molecule has 0 saturated heterocycles. The standard InChI is InChI=1S/C11H17ClN4O2/c12-10-9(14-5-8(13)7-1-2-7)6-15-16(3-4-17)11(10)18/h6-8,14,17H,1-5,13H2. The highest BCUT2D eigenvalue weighted by Crippen LogP contribution is 2.31. The van der Waals surface area contributed by atoms with Crippen LogP contribution in [0, 0.1) is 5.92 Å². The summed E-state index contributed by atoms with van der Waals surface area (Å²) in [6.07, 6.45) is 3.83. The summed E-state index contributed by atoms with van der Waals surface area (Å²) < 4.78 is 1.13. The van der Waals surface area contributed by atoms with Gasteiger partial charge in [-0.15, -0.1) is 0 Å². The minimum atomic E-state index is -0.407. The van der Waals surface area contributed by atoms with Crippen LogP contribution >= 0.6 is 11.6 Å². The molecule has 1 heterocycles. The van der Waals surface area contributed by atoms with Crippen LogP contribution in [-0.4, -0.2) is 34.1 Å². The van der Waals surface area contributed by atoms with E-state index < -0.39 is 5.56 Å². The second-order valence-corrected chi connectivity index (χ2v) is 4.88. The maximum absolute atomic E-state index is 11.8. The summed E-state index contributed by atoms with van der Waals surface area (Å²) in [5.41, 5.74) is 6.04. The normalized spacial score (nSPS) is 16.6. The molecule has 1 unspecified atom stereocenters. The van der Waals surface area contributed by atoms with E-state index in [9.17, 15) is 4.79 Å². The Hall–Kier alpha value is -1.11. The molecule has 0 amide bonds. The van der Waals surface area contributed by atoms with Gasteiger partial charge in [0.15, 0.2) is 0 Å². The van der Waals surface area contributed by atoms with E-state index >= 15 is 0 Å². The SMILES string of the molecule is NC(CNc1cnn(CCO)c(=O)c1Cl)C1CC1. The number of anilines is 1. The topological polar surface area (TPSA) is 93.2 Å². The molecule has 1 aromatic heterocycles. The molecule has 100 valence electrons. The van der Waals surface area contributed by atoms with Gasteiger partial charge < -0.3 is 16.2 Å². The van der Waals surface area contributed by atoms with Crippen LogP contribution in [0.25, 0.3) is 0 Å². The van der Waals surface area contributed by atoms with Crippen molar-refractivity contribution >= 4 is 17.3 Å². The zero-order valence-electron chi connectivity index (χ0n) is 9.97. The maximum Gasteiger partial charge on any atom is 0.287 e. The first kappa shape index (κ1) is 13.3. The summed E-state index contributed by atoms with van der Waals surface area (Å²) >= 11 is 5.95. The number of aromatic nitrogens is 2. The van der Waals surface area contributed by atoms with Crippen LogP contribution < -0.4 is 16.6 Å². The second kappa shape index (κ2) is 5.69. The van der Waals surface area contributed by atoms with Gasteiger partial charge in [0.25, 0.3) is 5.56 Å². The molecule has 2 rings (SSSR count). The van der Waals surface area contributed by atoms with Gasteiger partial charge in [-0.3, -0.25) is 4.79 Å². The Kier molecular flexibility index (Phi) is 4.21. The van der Waals surface area contributed by atoms with Crippen molar-refractivity contribution < 1.29 is 5.11 Å². The third-order valence-electron chi connectivity index (χ3n) is 3.05. The van der Waals surface area contributed by atoms with Crippen molar-refractivity contribution in [3.63, 3.8) is 0 Å². The molecule has 6 nitrogen and oxygen atoms in total. The number of hydrogen-bond donors (Lipinski definition) is 3. The summed E-state index contributed by atoms with van der Waals surface area (Å²) in [6.45, 7) is 0.568. The average molecular weight is 273 g/mol. The maximum atomic E-state index is 11.8. The molecule has 0 aromatic carbocycles. The Morgan fingerprint density at radius 1 is 1.67 bits per heavy atom. The highest BCUT2D eigenvalue weighted by molar-refractivity contribution is 6.32. The van der Waals surface area contributed by atoms with Gasteiger partial charge in [0.2, 0.25) is 0 Å². The largest absolute Gasteiger partial charge is 0.394 e. The van der Waals surface area contributed by atoms with Crippen molar-refractivity contribution in [3.8, 4) is 0 Å². The fourth-order valence-corrected chi connectivity index (χ4v) is 1.97. The summed E-state index contributed by atoms with van der Waals surface area (Å²) in [5.74, 6) is 0.582. The van der Waals surface area contributed by atoms with Crippen LogP contribution in [0.1, 0.15) is 12.8 Å². The molecule has 1 aliphatic carbocycles. The van der Waals surface area contributed by atoms with Gasteiger partial charge in [-0.1, -0.05) is 11.6 Å². The van der Waals surface area contributed by atoms with Crippen LogP contribution in [0.2, 0.25) is 5.02 Å².